The van der Waals surface area contributed by atoms with Gasteiger partial charge in [0.25, 0.3) is 11.8 Å². The van der Waals surface area contributed by atoms with Crippen LogP contribution < -0.4 is 5.43 Å². The molecule has 0 aromatic heterocycles. The van der Waals surface area contributed by atoms with Crippen LogP contribution in [0.15, 0.2) is 34.4 Å². The second kappa shape index (κ2) is 6.18. The smallest absolute Gasteiger partial charge is 0.278 e. The summed E-state index contributed by atoms with van der Waals surface area (Å²) in [6, 6.07) is 6.54. The van der Waals surface area contributed by atoms with Gasteiger partial charge in [0.1, 0.15) is 11.6 Å². The van der Waals surface area contributed by atoms with E-state index in [1.807, 2.05) is 0 Å². The number of rotatable bonds is 2. The lowest BCUT2D eigenvalue weighted by Crippen LogP contribution is -2.44. The normalized spacial score (nSPS) is 17.0. The van der Waals surface area contributed by atoms with Crippen LogP contribution in [0.5, 0.6) is 0 Å². The molecule has 0 atom stereocenters. The van der Waals surface area contributed by atoms with Crippen molar-refractivity contribution in [2.75, 3.05) is 12.5 Å². The fourth-order valence-electron chi connectivity index (χ4n) is 1.81. The van der Waals surface area contributed by atoms with E-state index in [-0.39, 0.29) is 16.9 Å². The first-order valence-electron chi connectivity index (χ1n) is 6.09. The van der Waals surface area contributed by atoms with Crippen LogP contribution in [-0.2, 0) is 9.59 Å². The highest BCUT2D eigenvalue weighted by atomic mass is 35.5. The molecule has 1 aliphatic rings. The van der Waals surface area contributed by atoms with Crippen LogP contribution in [0.3, 0.4) is 0 Å². The summed E-state index contributed by atoms with van der Waals surface area (Å²) < 4.78 is 0. The van der Waals surface area contributed by atoms with Gasteiger partial charge in [0, 0.05) is 12.6 Å². The molecular formula is C14H10Cl2N4O2. The van der Waals surface area contributed by atoms with Gasteiger partial charge in [-0.1, -0.05) is 23.2 Å². The van der Waals surface area contributed by atoms with Crippen LogP contribution in [0, 0.1) is 11.3 Å². The maximum Gasteiger partial charge on any atom is 0.281 e. The van der Waals surface area contributed by atoms with Crippen molar-refractivity contribution >= 4 is 46.4 Å². The van der Waals surface area contributed by atoms with E-state index >= 15 is 0 Å². The first kappa shape index (κ1) is 16.0. The molecule has 1 heterocycles. The Hall–Kier alpha value is -2.36. The predicted octanol–water partition coefficient (Wildman–Crippen LogP) is 2.60. The van der Waals surface area contributed by atoms with E-state index in [1.54, 1.807) is 24.3 Å². The van der Waals surface area contributed by atoms with Crippen LogP contribution in [-0.4, -0.2) is 29.5 Å². The molecule has 2 rings (SSSR count). The summed E-state index contributed by atoms with van der Waals surface area (Å²) in [5, 5.41) is 13.7. The fourth-order valence-corrected chi connectivity index (χ4v) is 2.11. The van der Waals surface area contributed by atoms with Crippen LogP contribution in [0.1, 0.15) is 6.92 Å². The molecule has 1 N–H and O–H groups in total. The van der Waals surface area contributed by atoms with Gasteiger partial charge in [-0.3, -0.25) is 19.9 Å². The van der Waals surface area contributed by atoms with E-state index in [2.05, 4.69) is 10.5 Å². The number of amides is 2. The van der Waals surface area contributed by atoms with Crippen molar-refractivity contribution in [3.8, 4) is 6.07 Å². The van der Waals surface area contributed by atoms with Gasteiger partial charge < -0.3 is 0 Å². The number of carbonyl (C=O) groups is 2. The monoisotopic (exact) mass is 336 g/mol. The number of hydrazone groups is 1. The van der Waals surface area contributed by atoms with E-state index in [4.69, 9.17) is 28.5 Å². The zero-order valence-corrected chi connectivity index (χ0v) is 13.2. The molecular weight excluding hydrogens is 327 g/mol. The van der Waals surface area contributed by atoms with Crippen molar-refractivity contribution in [3.05, 3.63) is 39.4 Å². The molecule has 112 valence electrons. The minimum absolute atomic E-state index is 0.00952. The molecule has 0 spiro atoms. The number of nitriles is 1. The van der Waals surface area contributed by atoms with E-state index in [1.165, 1.54) is 14.0 Å². The molecule has 0 radical (unpaired) electrons. The van der Waals surface area contributed by atoms with Crippen molar-refractivity contribution in [1.82, 2.24) is 4.90 Å². The molecule has 0 aliphatic carbocycles. The lowest BCUT2D eigenvalue weighted by Gasteiger charge is -2.22. The number of nitrogens with zero attached hydrogens (tertiary/aromatic N) is 3. The number of hydrogen-bond donors (Lipinski definition) is 1. The summed E-state index contributed by atoms with van der Waals surface area (Å²) in [4.78, 5) is 24.7. The Bertz CT molecular complexity index is 778. The Morgan fingerprint density at radius 3 is 2.50 bits per heavy atom. The van der Waals surface area contributed by atoms with Gasteiger partial charge in [-0.25, -0.2) is 0 Å². The summed E-state index contributed by atoms with van der Waals surface area (Å²) in [6.07, 6.45) is 0. The molecule has 1 aliphatic heterocycles. The van der Waals surface area contributed by atoms with Crippen molar-refractivity contribution in [2.45, 2.75) is 6.92 Å². The molecule has 0 saturated carbocycles. The van der Waals surface area contributed by atoms with E-state index in [0.717, 1.165) is 4.90 Å². The van der Waals surface area contributed by atoms with Crippen molar-refractivity contribution in [1.29, 1.82) is 5.26 Å². The van der Waals surface area contributed by atoms with Crippen LogP contribution in [0.4, 0.5) is 5.69 Å². The molecule has 0 bridgehead atoms. The minimum Gasteiger partial charge on any atom is -0.278 e. The molecule has 0 unspecified atom stereocenters. The fraction of sp³-hybridized carbons (Fsp3) is 0.143. The minimum atomic E-state index is -0.640. The second-order valence-corrected chi connectivity index (χ2v) is 5.30. The Kier molecular flexibility index (Phi) is 4.50. The summed E-state index contributed by atoms with van der Waals surface area (Å²) in [7, 11) is 1.29. The maximum atomic E-state index is 12.1. The Labute approximate surface area is 136 Å². The van der Waals surface area contributed by atoms with Gasteiger partial charge in [-0.2, -0.15) is 10.4 Å². The van der Waals surface area contributed by atoms with E-state index in [0.29, 0.717) is 15.7 Å². The molecule has 1 aromatic carbocycles. The van der Waals surface area contributed by atoms with Crippen LogP contribution >= 0.6 is 23.2 Å². The number of nitrogens with one attached hydrogen (secondary N) is 1. The highest BCUT2D eigenvalue weighted by Gasteiger charge is 2.34. The Morgan fingerprint density at radius 2 is 1.91 bits per heavy atom. The third kappa shape index (κ3) is 2.82. The van der Waals surface area contributed by atoms with Gasteiger partial charge in [-0.05, 0) is 25.1 Å². The number of halogens is 2. The first-order chi connectivity index (χ1) is 10.4. The van der Waals surface area contributed by atoms with Gasteiger partial charge in [0.05, 0.1) is 15.7 Å². The molecule has 8 heteroatoms. The topological polar surface area (TPSA) is 85.6 Å². The van der Waals surface area contributed by atoms with Crippen LogP contribution in [0.2, 0.25) is 10.0 Å². The van der Waals surface area contributed by atoms with Gasteiger partial charge in [0.15, 0.2) is 5.71 Å². The first-order valence-corrected chi connectivity index (χ1v) is 6.85. The van der Waals surface area contributed by atoms with E-state index in [9.17, 15) is 9.59 Å². The molecule has 2 amide bonds. The van der Waals surface area contributed by atoms with Gasteiger partial charge >= 0.3 is 0 Å². The highest BCUT2D eigenvalue weighted by Crippen LogP contribution is 2.25. The van der Waals surface area contributed by atoms with Crippen LogP contribution in [0.25, 0.3) is 0 Å². The lowest BCUT2D eigenvalue weighted by molar-refractivity contribution is -0.136. The Morgan fingerprint density at radius 1 is 1.23 bits per heavy atom. The number of hydrogen-bond acceptors (Lipinski definition) is 5. The van der Waals surface area contributed by atoms with E-state index < -0.39 is 11.8 Å². The number of carbonyl (C=O) groups excluding carboxylic acids is 2. The van der Waals surface area contributed by atoms with Crippen molar-refractivity contribution in [3.63, 3.8) is 0 Å². The SMILES string of the molecule is CC1=C(C#N)C(=O)N(C)C(=O)/C1=N/Nc1ccc(Cl)c(Cl)c1. The number of anilines is 1. The molecule has 1 aromatic rings. The zero-order valence-electron chi connectivity index (χ0n) is 11.6. The average Bonchev–Trinajstić information content (AvgIpc) is 2.49. The van der Waals surface area contributed by atoms with Crippen molar-refractivity contribution in [2.24, 2.45) is 5.10 Å². The number of benzene rings is 1. The molecule has 6 nitrogen and oxygen atoms in total. The standard InChI is InChI=1S/C14H10Cl2N4O2/c1-7-9(6-17)13(21)20(2)14(22)12(7)19-18-8-3-4-10(15)11(16)5-8/h3-5,18H,1-2H3/b19-12+. The van der Waals surface area contributed by atoms with Gasteiger partial charge in [0.2, 0.25) is 0 Å². The second-order valence-electron chi connectivity index (χ2n) is 4.48. The zero-order chi connectivity index (χ0) is 16.4. The average molecular weight is 337 g/mol. The largest absolute Gasteiger partial charge is 0.281 e. The number of imide groups is 1. The van der Waals surface area contributed by atoms with Gasteiger partial charge in [-0.15, -0.1) is 0 Å². The third-order valence-corrected chi connectivity index (χ3v) is 3.82. The molecule has 0 fully saturated rings. The predicted molar refractivity (Wildman–Crippen MR) is 83.6 cm³/mol. The lowest BCUT2D eigenvalue weighted by atomic mass is 10.00. The third-order valence-electron chi connectivity index (χ3n) is 3.08. The molecule has 22 heavy (non-hydrogen) atoms. The maximum absolute atomic E-state index is 12.1. The Balaban J connectivity index is 2.39. The highest BCUT2D eigenvalue weighted by molar-refractivity contribution is 6.50. The summed E-state index contributed by atoms with van der Waals surface area (Å²) >= 11 is 11.7. The summed E-state index contributed by atoms with van der Waals surface area (Å²) in [6.45, 7) is 1.50. The summed E-state index contributed by atoms with van der Waals surface area (Å²) in [5.74, 6) is -1.23. The molecule has 0 saturated heterocycles. The number of likely N-dealkylation sites (N-methyl/N-ethyl adjacent to an activating group) is 1. The quantitative estimate of drug-likeness (QED) is 0.664. The summed E-state index contributed by atoms with van der Waals surface area (Å²) in [5.41, 5.74) is 3.28. The van der Waals surface area contributed by atoms with Crippen molar-refractivity contribution < 1.29 is 9.59 Å².